The van der Waals surface area contributed by atoms with Crippen molar-refractivity contribution in [2.24, 2.45) is 4.99 Å². The van der Waals surface area contributed by atoms with Crippen LogP contribution in [0.15, 0.2) is 53.7 Å². The van der Waals surface area contributed by atoms with Gasteiger partial charge >= 0.3 is 12.2 Å². The normalized spacial score (nSPS) is 17.0. The minimum atomic E-state index is -4.62. The molecule has 0 radical (unpaired) electrons. The molecule has 1 aromatic heterocycles. The van der Waals surface area contributed by atoms with Crippen molar-refractivity contribution in [2.75, 3.05) is 17.7 Å². The molecule has 2 aromatic carbocycles. The molecule has 170 valence electrons. The van der Waals surface area contributed by atoms with Crippen LogP contribution in [0.5, 0.6) is 5.75 Å². The zero-order valence-corrected chi connectivity index (χ0v) is 17.6. The van der Waals surface area contributed by atoms with Gasteiger partial charge in [0.25, 0.3) is 0 Å². The molecule has 1 aliphatic carbocycles. The van der Waals surface area contributed by atoms with Crippen LogP contribution in [0.1, 0.15) is 34.8 Å². The number of hydrogen-bond donors (Lipinski definition) is 1. The number of halogens is 3. The van der Waals surface area contributed by atoms with Crippen molar-refractivity contribution in [3.05, 3.63) is 71.0 Å². The van der Waals surface area contributed by atoms with Crippen LogP contribution in [0.3, 0.4) is 0 Å². The topological polar surface area (TPSA) is 85.9 Å². The maximum Gasteiger partial charge on any atom is 0.433 e. The highest BCUT2D eigenvalue weighted by Gasteiger charge is 2.39. The molecular weight excluding hydrogens is 435 g/mol. The van der Waals surface area contributed by atoms with Crippen LogP contribution in [0.4, 0.5) is 30.5 Å². The molecule has 7 nitrogen and oxygen atoms in total. The molecule has 2 heterocycles. The van der Waals surface area contributed by atoms with E-state index in [1.54, 1.807) is 25.3 Å². The highest BCUT2D eigenvalue weighted by molar-refractivity contribution is 5.94. The van der Waals surface area contributed by atoms with Crippen molar-refractivity contribution in [3.8, 4) is 5.75 Å². The number of amidine groups is 1. The summed E-state index contributed by atoms with van der Waals surface area (Å²) in [6, 6.07) is 11.5. The average Bonchev–Trinajstić information content (AvgIpc) is 3.23. The minimum absolute atomic E-state index is 0.121. The standard InChI is InChI=1S/C23H20F3N5O2/c1-32-18-4-2-3-13-5-8-17(20(13)18)31(21-28-10-9-19(30-21)23(24,25)26)22-29-16-7-6-15(27)11-14(16)12-33-22/h2-4,6-7,9-11,17H,5,8,12,27H2,1H3. The van der Waals surface area contributed by atoms with Crippen LogP contribution >= 0.6 is 0 Å². The SMILES string of the molecule is COc1cccc2c1C(N(C1=Nc3ccc(N)cc3CO1)c1nccc(C(F)(F)F)n1)CC2. The molecule has 10 heteroatoms. The quantitative estimate of drug-likeness (QED) is 0.571. The van der Waals surface area contributed by atoms with Gasteiger partial charge in [-0.15, -0.1) is 0 Å². The van der Waals surface area contributed by atoms with Gasteiger partial charge in [-0.1, -0.05) is 12.1 Å². The van der Waals surface area contributed by atoms with E-state index in [0.29, 0.717) is 30.0 Å². The number of aliphatic imine (C=N–C) groups is 1. The first kappa shape index (κ1) is 21.0. The van der Waals surface area contributed by atoms with Crippen molar-refractivity contribution in [1.29, 1.82) is 0 Å². The Labute approximate surface area is 187 Å². The number of nitrogens with zero attached hydrogens (tertiary/aromatic N) is 4. The maximum atomic E-state index is 13.4. The van der Waals surface area contributed by atoms with E-state index < -0.39 is 17.9 Å². The van der Waals surface area contributed by atoms with E-state index in [9.17, 15) is 13.2 Å². The van der Waals surface area contributed by atoms with E-state index in [4.69, 9.17) is 15.2 Å². The molecule has 0 amide bonds. The van der Waals surface area contributed by atoms with Gasteiger partial charge in [-0.05, 0) is 48.7 Å². The van der Waals surface area contributed by atoms with Crippen LogP contribution in [-0.2, 0) is 23.9 Å². The van der Waals surface area contributed by atoms with Gasteiger partial charge in [-0.2, -0.15) is 18.2 Å². The number of methoxy groups -OCH3 is 1. The maximum absolute atomic E-state index is 13.4. The van der Waals surface area contributed by atoms with Gasteiger partial charge in [0.15, 0.2) is 0 Å². The Hall–Kier alpha value is -3.82. The highest BCUT2D eigenvalue weighted by Crippen LogP contribution is 2.44. The molecule has 2 aliphatic rings. The number of aromatic nitrogens is 2. The number of nitrogens with two attached hydrogens (primary N) is 1. The lowest BCUT2D eigenvalue weighted by atomic mass is 10.1. The van der Waals surface area contributed by atoms with Crippen LogP contribution in [0, 0.1) is 0 Å². The summed E-state index contributed by atoms with van der Waals surface area (Å²) >= 11 is 0. The highest BCUT2D eigenvalue weighted by atomic mass is 19.4. The molecule has 0 saturated carbocycles. The lowest BCUT2D eigenvalue weighted by Crippen LogP contribution is -2.38. The summed E-state index contributed by atoms with van der Waals surface area (Å²) in [6.45, 7) is 0.167. The van der Waals surface area contributed by atoms with Crippen molar-refractivity contribution in [3.63, 3.8) is 0 Å². The monoisotopic (exact) mass is 455 g/mol. The Morgan fingerprint density at radius 3 is 2.79 bits per heavy atom. The zero-order chi connectivity index (χ0) is 23.2. The number of alkyl halides is 3. The minimum Gasteiger partial charge on any atom is -0.496 e. The predicted octanol–water partition coefficient (Wildman–Crippen LogP) is 4.80. The van der Waals surface area contributed by atoms with Gasteiger partial charge in [0.1, 0.15) is 18.1 Å². The Morgan fingerprint density at radius 2 is 2.00 bits per heavy atom. The Morgan fingerprint density at radius 1 is 1.15 bits per heavy atom. The summed E-state index contributed by atoms with van der Waals surface area (Å²) in [4.78, 5) is 14.1. The van der Waals surface area contributed by atoms with Crippen LogP contribution in [-0.4, -0.2) is 23.1 Å². The number of aryl methyl sites for hydroxylation is 1. The lowest BCUT2D eigenvalue weighted by Gasteiger charge is -2.32. The third-order valence-corrected chi connectivity index (χ3v) is 5.74. The third kappa shape index (κ3) is 3.81. The number of rotatable bonds is 3. The lowest BCUT2D eigenvalue weighted by molar-refractivity contribution is -0.141. The van der Waals surface area contributed by atoms with Crippen molar-refractivity contribution in [2.45, 2.75) is 31.7 Å². The smallest absolute Gasteiger partial charge is 0.433 e. The molecule has 0 spiro atoms. The molecule has 1 atom stereocenters. The summed E-state index contributed by atoms with van der Waals surface area (Å²) in [7, 11) is 1.56. The first-order chi connectivity index (χ1) is 15.8. The van der Waals surface area contributed by atoms with Gasteiger partial charge in [0, 0.05) is 23.0 Å². The van der Waals surface area contributed by atoms with E-state index in [1.165, 1.54) is 4.90 Å². The summed E-state index contributed by atoms with van der Waals surface area (Å²) in [5.41, 5.74) is 8.70. The van der Waals surface area contributed by atoms with Crippen molar-refractivity contribution in [1.82, 2.24) is 9.97 Å². The van der Waals surface area contributed by atoms with Gasteiger partial charge < -0.3 is 15.2 Å². The number of ether oxygens (including phenoxy) is 2. The van der Waals surface area contributed by atoms with Gasteiger partial charge in [-0.3, -0.25) is 4.90 Å². The number of fused-ring (bicyclic) bond motifs is 2. The van der Waals surface area contributed by atoms with E-state index >= 15 is 0 Å². The summed E-state index contributed by atoms with van der Waals surface area (Å²) < 4.78 is 51.8. The predicted molar refractivity (Wildman–Crippen MR) is 116 cm³/mol. The second-order valence-corrected chi connectivity index (χ2v) is 7.77. The molecule has 1 unspecified atom stereocenters. The summed E-state index contributed by atoms with van der Waals surface area (Å²) in [5.74, 6) is 0.489. The Kier molecular flexibility index (Phi) is 5.07. The molecular formula is C23H20F3N5O2. The first-order valence-corrected chi connectivity index (χ1v) is 10.3. The fourth-order valence-electron chi connectivity index (χ4n) is 4.27. The Balaban J connectivity index is 1.67. The molecule has 0 bridgehead atoms. The van der Waals surface area contributed by atoms with E-state index in [0.717, 1.165) is 29.0 Å². The number of nitrogen functional groups attached to an aromatic ring is 1. The zero-order valence-electron chi connectivity index (χ0n) is 17.6. The fraction of sp³-hybridized carbons (Fsp3) is 0.261. The second kappa shape index (κ2) is 7.95. The van der Waals surface area contributed by atoms with Crippen LogP contribution in [0.2, 0.25) is 0 Å². The first-order valence-electron chi connectivity index (χ1n) is 10.3. The van der Waals surface area contributed by atoms with Gasteiger partial charge in [-0.25, -0.2) is 9.97 Å². The fourth-order valence-corrected chi connectivity index (χ4v) is 4.27. The third-order valence-electron chi connectivity index (χ3n) is 5.74. The number of anilines is 2. The molecule has 5 rings (SSSR count). The van der Waals surface area contributed by atoms with Crippen LogP contribution in [0.25, 0.3) is 0 Å². The number of benzene rings is 2. The molecule has 3 aromatic rings. The molecule has 33 heavy (non-hydrogen) atoms. The summed E-state index contributed by atoms with van der Waals surface area (Å²) in [5, 5.41) is 0. The van der Waals surface area contributed by atoms with Crippen molar-refractivity contribution >= 4 is 23.3 Å². The van der Waals surface area contributed by atoms with Gasteiger partial charge in [0.05, 0.1) is 18.8 Å². The van der Waals surface area contributed by atoms with E-state index in [-0.39, 0.29) is 18.6 Å². The largest absolute Gasteiger partial charge is 0.496 e. The second-order valence-electron chi connectivity index (χ2n) is 7.77. The van der Waals surface area contributed by atoms with Crippen LogP contribution < -0.4 is 15.4 Å². The molecule has 0 fully saturated rings. The molecule has 0 saturated heterocycles. The van der Waals surface area contributed by atoms with Gasteiger partial charge in [0.2, 0.25) is 5.95 Å². The Bertz CT molecular complexity index is 1250. The van der Waals surface area contributed by atoms with Crippen molar-refractivity contribution < 1.29 is 22.6 Å². The number of hydrogen-bond acceptors (Lipinski definition) is 7. The van der Waals surface area contributed by atoms with E-state index in [2.05, 4.69) is 15.0 Å². The average molecular weight is 455 g/mol. The van der Waals surface area contributed by atoms with E-state index in [1.807, 2.05) is 18.2 Å². The molecule has 1 aliphatic heterocycles. The summed E-state index contributed by atoms with van der Waals surface area (Å²) in [6.07, 6.45) is -2.21. The molecule has 2 N–H and O–H groups in total.